The Hall–Kier alpha value is -1.91. The van der Waals surface area contributed by atoms with Crippen LogP contribution in [0.25, 0.3) is 0 Å². The van der Waals surface area contributed by atoms with Crippen molar-refractivity contribution in [2.75, 3.05) is 6.54 Å². The fourth-order valence-electron chi connectivity index (χ4n) is 1.03. The molecule has 1 aromatic rings. The Morgan fingerprint density at radius 2 is 2.31 bits per heavy atom. The quantitative estimate of drug-likeness (QED) is 0.511. The average molecular weight is 172 g/mol. The average Bonchev–Trinajstić information content (AvgIpc) is 2.19. The van der Waals surface area contributed by atoms with Crippen LogP contribution in [0.4, 0.5) is 0 Å². The van der Waals surface area contributed by atoms with E-state index in [-0.39, 0.29) is 0 Å². The molecular weight excluding hydrogens is 164 g/mol. The van der Waals surface area contributed by atoms with E-state index in [4.69, 9.17) is 5.26 Å². The lowest BCUT2D eigenvalue weighted by Crippen LogP contribution is -1.89. The number of hydrogen-bond acceptors (Lipinski definition) is 3. The van der Waals surface area contributed by atoms with Crippen molar-refractivity contribution >= 4 is 6.08 Å². The molecule has 0 unspecified atom stereocenters. The lowest BCUT2D eigenvalue weighted by molar-refractivity contribution is 0.563. The molecule has 13 heavy (non-hydrogen) atoms. The molecule has 0 atom stereocenters. The molecule has 0 aromatic heterocycles. The van der Waals surface area contributed by atoms with E-state index in [0.29, 0.717) is 18.5 Å². The summed E-state index contributed by atoms with van der Waals surface area (Å²) in [7, 11) is 0. The summed E-state index contributed by atoms with van der Waals surface area (Å²) in [6.45, 7) is 0.429. The van der Waals surface area contributed by atoms with E-state index in [2.05, 4.69) is 4.99 Å². The van der Waals surface area contributed by atoms with Crippen molar-refractivity contribution < 1.29 is 4.79 Å². The summed E-state index contributed by atoms with van der Waals surface area (Å²) in [6, 6.07) is 9.31. The third-order valence-corrected chi connectivity index (χ3v) is 1.63. The molecule has 64 valence electrons. The molecule has 0 aliphatic heterocycles. The zero-order valence-electron chi connectivity index (χ0n) is 7.03. The third kappa shape index (κ3) is 2.90. The monoisotopic (exact) mass is 172 g/mol. The van der Waals surface area contributed by atoms with E-state index in [9.17, 15) is 4.79 Å². The van der Waals surface area contributed by atoms with Crippen LogP contribution in [0, 0.1) is 11.3 Å². The molecule has 0 heterocycles. The zero-order chi connectivity index (χ0) is 9.52. The molecule has 0 aliphatic rings. The number of isocyanates is 1. The van der Waals surface area contributed by atoms with Gasteiger partial charge in [0.15, 0.2) is 0 Å². The van der Waals surface area contributed by atoms with Crippen LogP contribution in [-0.4, -0.2) is 12.6 Å². The summed E-state index contributed by atoms with van der Waals surface area (Å²) < 4.78 is 0. The molecule has 0 fully saturated rings. The van der Waals surface area contributed by atoms with Crippen molar-refractivity contribution in [2.24, 2.45) is 4.99 Å². The molecule has 0 N–H and O–H groups in total. The van der Waals surface area contributed by atoms with Crippen LogP contribution in [0.1, 0.15) is 11.1 Å². The van der Waals surface area contributed by atoms with Gasteiger partial charge < -0.3 is 0 Å². The smallest absolute Gasteiger partial charge is 0.211 e. The highest BCUT2D eigenvalue weighted by molar-refractivity contribution is 5.34. The number of aliphatic imine (C=N–C) groups is 1. The Morgan fingerprint density at radius 3 is 3.00 bits per heavy atom. The van der Waals surface area contributed by atoms with Crippen LogP contribution in [-0.2, 0) is 11.2 Å². The number of rotatable bonds is 3. The molecule has 0 saturated heterocycles. The molecule has 0 radical (unpaired) electrons. The minimum Gasteiger partial charge on any atom is -0.211 e. The van der Waals surface area contributed by atoms with Crippen molar-refractivity contribution in [3.8, 4) is 6.07 Å². The largest absolute Gasteiger partial charge is 0.234 e. The first-order valence-corrected chi connectivity index (χ1v) is 3.89. The molecule has 0 saturated carbocycles. The highest BCUT2D eigenvalue weighted by Gasteiger charge is 1.93. The summed E-state index contributed by atoms with van der Waals surface area (Å²) in [4.78, 5) is 13.2. The lowest BCUT2D eigenvalue weighted by Gasteiger charge is -1.96. The van der Waals surface area contributed by atoms with Crippen molar-refractivity contribution in [3.63, 3.8) is 0 Å². The van der Waals surface area contributed by atoms with E-state index >= 15 is 0 Å². The van der Waals surface area contributed by atoms with Crippen LogP contribution < -0.4 is 0 Å². The second kappa shape index (κ2) is 4.87. The molecule has 0 bridgehead atoms. The Bertz CT molecular complexity index is 373. The summed E-state index contributed by atoms with van der Waals surface area (Å²) in [5.41, 5.74) is 1.64. The van der Waals surface area contributed by atoms with Crippen LogP contribution >= 0.6 is 0 Å². The van der Waals surface area contributed by atoms with Gasteiger partial charge in [-0.3, -0.25) is 0 Å². The maximum atomic E-state index is 9.77. The Balaban J connectivity index is 2.67. The highest BCUT2D eigenvalue weighted by Crippen LogP contribution is 2.04. The summed E-state index contributed by atoms with van der Waals surface area (Å²) in [5, 5.41) is 8.60. The van der Waals surface area contributed by atoms with Crippen LogP contribution in [0.2, 0.25) is 0 Å². The SMILES string of the molecule is N#Cc1cccc(CCN=C=O)c1. The maximum absolute atomic E-state index is 9.77. The van der Waals surface area contributed by atoms with E-state index in [1.807, 2.05) is 18.2 Å². The van der Waals surface area contributed by atoms with Gasteiger partial charge in [-0.15, -0.1) is 0 Å². The van der Waals surface area contributed by atoms with Crippen molar-refractivity contribution in [1.29, 1.82) is 5.26 Å². The molecule has 0 aliphatic carbocycles. The predicted molar refractivity (Wildman–Crippen MR) is 47.8 cm³/mol. The number of nitrogens with zero attached hydrogens (tertiary/aromatic N) is 2. The van der Waals surface area contributed by atoms with E-state index in [1.165, 1.54) is 6.08 Å². The van der Waals surface area contributed by atoms with Crippen molar-refractivity contribution in [3.05, 3.63) is 35.4 Å². The minimum atomic E-state index is 0.429. The number of benzene rings is 1. The minimum absolute atomic E-state index is 0.429. The normalized spacial score (nSPS) is 8.54. The molecule has 3 heteroatoms. The van der Waals surface area contributed by atoms with Gasteiger partial charge in [0.2, 0.25) is 6.08 Å². The maximum Gasteiger partial charge on any atom is 0.234 e. The second-order valence-electron chi connectivity index (χ2n) is 2.54. The van der Waals surface area contributed by atoms with Gasteiger partial charge in [-0.1, -0.05) is 12.1 Å². The molecule has 1 rings (SSSR count). The van der Waals surface area contributed by atoms with Crippen LogP contribution in [0.5, 0.6) is 0 Å². The van der Waals surface area contributed by atoms with Gasteiger partial charge in [-0.25, -0.2) is 9.79 Å². The first-order valence-electron chi connectivity index (χ1n) is 3.89. The zero-order valence-corrected chi connectivity index (χ0v) is 7.03. The fraction of sp³-hybridized carbons (Fsp3) is 0.200. The Morgan fingerprint density at radius 1 is 1.46 bits per heavy atom. The van der Waals surface area contributed by atoms with E-state index < -0.39 is 0 Å². The van der Waals surface area contributed by atoms with Crippen molar-refractivity contribution in [2.45, 2.75) is 6.42 Å². The topological polar surface area (TPSA) is 53.2 Å². The number of nitriles is 1. The van der Waals surface area contributed by atoms with Gasteiger partial charge in [-0.2, -0.15) is 5.26 Å². The van der Waals surface area contributed by atoms with Crippen LogP contribution in [0.15, 0.2) is 29.3 Å². The van der Waals surface area contributed by atoms with Gasteiger partial charge in [0.05, 0.1) is 18.2 Å². The number of hydrogen-bond donors (Lipinski definition) is 0. The third-order valence-electron chi connectivity index (χ3n) is 1.63. The summed E-state index contributed by atoms with van der Waals surface area (Å²) in [6.07, 6.45) is 2.15. The molecular formula is C10H8N2O. The Kier molecular flexibility index (Phi) is 3.44. The second-order valence-corrected chi connectivity index (χ2v) is 2.54. The predicted octanol–water partition coefficient (Wildman–Crippen LogP) is 1.44. The first-order chi connectivity index (χ1) is 6.36. The molecule has 0 amide bonds. The van der Waals surface area contributed by atoms with Gasteiger partial charge in [0.25, 0.3) is 0 Å². The number of carbonyl (C=O) groups excluding carboxylic acids is 1. The van der Waals surface area contributed by atoms with E-state index in [0.717, 1.165) is 5.56 Å². The highest BCUT2D eigenvalue weighted by atomic mass is 16.1. The van der Waals surface area contributed by atoms with Gasteiger partial charge in [0.1, 0.15) is 0 Å². The molecule has 3 nitrogen and oxygen atoms in total. The first kappa shape index (κ1) is 9.18. The molecule has 0 spiro atoms. The fourth-order valence-corrected chi connectivity index (χ4v) is 1.03. The van der Waals surface area contributed by atoms with E-state index in [1.54, 1.807) is 12.1 Å². The summed E-state index contributed by atoms with van der Waals surface area (Å²) in [5.74, 6) is 0. The lowest BCUT2D eigenvalue weighted by atomic mass is 10.1. The van der Waals surface area contributed by atoms with Gasteiger partial charge in [0, 0.05) is 0 Å². The van der Waals surface area contributed by atoms with Crippen LogP contribution in [0.3, 0.4) is 0 Å². The van der Waals surface area contributed by atoms with Gasteiger partial charge >= 0.3 is 0 Å². The van der Waals surface area contributed by atoms with Gasteiger partial charge in [-0.05, 0) is 24.1 Å². The Labute approximate surface area is 76.3 Å². The summed E-state index contributed by atoms with van der Waals surface area (Å²) >= 11 is 0. The molecule has 1 aromatic carbocycles. The van der Waals surface area contributed by atoms with Crippen molar-refractivity contribution in [1.82, 2.24) is 0 Å². The standard InChI is InChI=1S/C10H8N2O/c11-7-10-3-1-2-9(6-10)4-5-12-8-13/h1-3,6H,4-5H2.